The molecule has 0 atom stereocenters. The zero-order chi connectivity index (χ0) is 15.3. The highest BCUT2D eigenvalue weighted by Gasteiger charge is 2.41. The van der Waals surface area contributed by atoms with Crippen molar-refractivity contribution < 1.29 is 4.79 Å². The molecule has 0 unspecified atom stereocenters. The van der Waals surface area contributed by atoms with Crippen molar-refractivity contribution in [3.05, 3.63) is 29.8 Å². The van der Waals surface area contributed by atoms with Crippen LogP contribution in [0.15, 0.2) is 24.3 Å². The molecule has 116 valence electrons. The van der Waals surface area contributed by atoms with Crippen molar-refractivity contribution in [2.75, 3.05) is 12.4 Å². The second-order valence-corrected chi connectivity index (χ2v) is 6.77. The molecule has 3 heteroatoms. The molecule has 1 aliphatic rings. The summed E-state index contributed by atoms with van der Waals surface area (Å²) in [4.78, 5) is 12.8. The first-order valence-electron chi connectivity index (χ1n) is 8.11. The number of amides is 1. The molecule has 0 radical (unpaired) electrons. The second-order valence-electron chi connectivity index (χ2n) is 6.77. The monoisotopic (exact) mass is 288 g/mol. The Balaban J connectivity index is 2.10. The lowest BCUT2D eigenvalue weighted by atomic mass is 9.77. The first-order chi connectivity index (χ1) is 10.1. The predicted octanol–water partition coefficient (Wildman–Crippen LogP) is 3.95. The highest BCUT2D eigenvalue weighted by atomic mass is 16.2. The van der Waals surface area contributed by atoms with Gasteiger partial charge in [-0.25, -0.2) is 0 Å². The number of hydrogen-bond donors (Lipinski definition) is 2. The highest BCUT2D eigenvalue weighted by Crippen LogP contribution is 2.44. The summed E-state index contributed by atoms with van der Waals surface area (Å²) in [5.41, 5.74) is 1.97. The molecule has 0 bridgehead atoms. The highest BCUT2D eigenvalue weighted by molar-refractivity contribution is 5.95. The Hall–Kier alpha value is -1.35. The Morgan fingerprint density at radius 2 is 2.00 bits per heavy atom. The quantitative estimate of drug-likeness (QED) is 0.832. The van der Waals surface area contributed by atoms with Gasteiger partial charge in [0.2, 0.25) is 5.91 Å². The molecule has 2 N–H and O–H groups in total. The van der Waals surface area contributed by atoms with Crippen molar-refractivity contribution in [3.8, 4) is 0 Å². The van der Waals surface area contributed by atoms with E-state index in [1.807, 2.05) is 19.2 Å². The SMILES string of the molecule is CNCc1cccc(NC(=O)C2(CC(C)C)CCCC2)c1. The third-order valence-corrected chi connectivity index (χ3v) is 4.41. The van der Waals surface area contributed by atoms with Crippen LogP contribution in [0.4, 0.5) is 5.69 Å². The van der Waals surface area contributed by atoms with Gasteiger partial charge in [-0.3, -0.25) is 4.79 Å². The van der Waals surface area contributed by atoms with E-state index in [9.17, 15) is 4.79 Å². The summed E-state index contributed by atoms with van der Waals surface area (Å²) in [6.45, 7) is 5.24. The lowest BCUT2D eigenvalue weighted by molar-refractivity contribution is -0.126. The molecule has 0 spiro atoms. The van der Waals surface area contributed by atoms with Gasteiger partial charge >= 0.3 is 0 Å². The van der Waals surface area contributed by atoms with Crippen molar-refractivity contribution in [2.24, 2.45) is 11.3 Å². The predicted molar refractivity (Wildman–Crippen MR) is 88.2 cm³/mol. The van der Waals surface area contributed by atoms with Crippen LogP contribution in [0.2, 0.25) is 0 Å². The van der Waals surface area contributed by atoms with E-state index in [4.69, 9.17) is 0 Å². The average Bonchev–Trinajstić information content (AvgIpc) is 2.88. The summed E-state index contributed by atoms with van der Waals surface area (Å²) >= 11 is 0. The fourth-order valence-corrected chi connectivity index (χ4v) is 3.58. The number of benzene rings is 1. The Kier molecular flexibility index (Phi) is 5.40. The van der Waals surface area contributed by atoms with Gasteiger partial charge in [0, 0.05) is 17.6 Å². The van der Waals surface area contributed by atoms with E-state index >= 15 is 0 Å². The molecule has 0 aliphatic heterocycles. The molecule has 0 saturated heterocycles. The lowest BCUT2D eigenvalue weighted by Gasteiger charge is -2.29. The molecular formula is C18H28N2O. The average molecular weight is 288 g/mol. The van der Waals surface area contributed by atoms with E-state index in [0.717, 1.165) is 31.5 Å². The largest absolute Gasteiger partial charge is 0.326 e. The van der Waals surface area contributed by atoms with Gasteiger partial charge in [0.05, 0.1) is 0 Å². The minimum absolute atomic E-state index is 0.146. The first-order valence-corrected chi connectivity index (χ1v) is 8.11. The number of hydrogen-bond acceptors (Lipinski definition) is 2. The molecule has 1 aliphatic carbocycles. The molecule has 1 amide bonds. The standard InChI is InChI=1S/C18H28N2O/c1-14(2)12-18(9-4-5-10-18)17(21)20-16-8-6-7-15(11-16)13-19-3/h6-8,11,14,19H,4-5,9-10,12-13H2,1-3H3,(H,20,21). The normalized spacial score (nSPS) is 17.1. The van der Waals surface area contributed by atoms with Crippen LogP contribution >= 0.6 is 0 Å². The van der Waals surface area contributed by atoms with Crippen LogP contribution in [0, 0.1) is 11.3 Å². The third kappa shape index (κ3) is 4.07. The Bertz CT molecular complexity index is 476. The summed E-state index contributed by atoms with van der Waals surface area (Å²) in [5, 5.41) is 6.30. The second kappa shape index (κ2) is 7.08. The topological polar surface area (TPSA) is 41.1 Å². The zero-order valence-electron chi connectivity index (χ0n) is 13.5. The molecule has 1 aromatic carbocycles. The van der Waals surface area contributed by atoms with Gasteiger partial charge in [0.25, 0.3) is 0 Å². The van der Waals surface area contributed by atoms with Gasteiger partial charge in [0.1, 0.15) is 0 Å². The minimum Gasteiger partial charge on any atom is -0.326 e. The van der Waals surface area contributed by atoms with E-state index in [2.05, 4.69) is 36.6 Å². The van der Waals surface area contributed by atoms with Crippen LogP contribution in [0.1, 0.15) is 51.5 Å². The van der Waals surface area contributed by atoms with E-state index in [1.165, 1.54) is 18.4 Å². The van der Waals surface area contributed by atoms with Crippen LogP contribution in [-0.2, 0) is 11.3 Å². The van der Waals surface area contributed by atoms with E-state index < -0.39 is 0 Å². The van der Waals surface area contributed by atoms with Crippen molar-refractivity contribution in [2.45, 2.75) is 52.5 Å². The van der Waals surface area contributed by atoms with Crippen molar-refractivity contribution in [3.63, 3.8) is 0 Å². The van der Waals surface area contributed by atoms with Gasteiger partial charge < -0.3 is 10.6 Å². The lowest BCUT2D eigenvalue weighted by Crippen LogP contribution is -2.35. The van der Waals surface area contributed by atoms with Gasteiger partial charge in [-0.05, 0) is 49.9 Å². The Morgan fingerprint density at radius 1 is 1.29 bits per heavy atom. The number of carbonyl (C=O) groups excluding carboxylic acids is 1. The molecule has 1 aromatic rings. The van der Waals surface area contributed by atoms with Crippen LogP contribution in [-0.4, -0.2) is 13.0 Å². The van der Waals surface area contributed by atoms with Crippen LogP contribution in [0.5, 0.6) is 0 Å². The van der Waals surface area contributed by atoms with Crippen molar-refractivity contribution in [1.29, 1.82) is 0 Å². The molecule has 2 rings (SSSR count). The first kappa shape index (κ1) is 16.0. The molecule has 0 aromatic heterocycles. The summed E-state index contributed by atoms with van der Waals surface area (Å²) in [6.07, 6.45) is 5.43. The number of nitrogens with one attached hydrogen (secondary N) is 2. The smallest absolute Gasteiger partial charge is 0.230 e. The van der Waals surface area contributed by atoms with Crippen LogP contribution < -0.4 is 10.6 Å². The number of anilines is 1. The molecule has 21 heavy (non-hydrogen) atoms. The summed E-state index contributed by atoms with van der Waals surface area (Å²) in [6, 6.07) is 8.12. The van der Waals surface area contributed by atoms with Gasteiger partial charge in [-0.15, -0.1) is 0 Å². The van der Waals surface area contributed by atoms with E-state index in [0.29, 0.717) is 5.92 Å². The number of rotatable bonds is 6. The number of carbonyl (C=O) groups is 1. The van der Waals surface area contributed by atoms with Gasteiger partial charge in [0.15, 0.2) is 0 Å². The van der Waals surface area contributed by atoms with Crippen LogP contribution in [0.3, 0.4) is 0 Å². The third-order valence-electron chi connectivity index (χ3n) is 4.41. The van der Waals surface area contributed by atoms with Crippen molar-refractivity contribution in [1.82, 2.24) is 5.32 Å². The zero-order valence-corrected chi connectivity index (χ0v) is 13.5. The molecule has 1 saturated carbocycles. The maximum absolute atomic E-state index is 12.8. The Morgan fingerprint density at radius 3 is 2.62 bits per heavy atom. The summed E-state index contributed by atoms with van der Waals surface area (Å²) in [7, 11) is 1.93. The van der Waals surface area contributed by atoms with Crippen molar-refractivity contribution >= 4 is 11.6 Å². The minimum atomic E-state index is -0.146. The molecular weight excluding hydrogens is 260 g/mol. The Labute approximate surface area is 128 Å². The van der Waals surface area contributed by atoms with Gasteiger partial charge in [-0.2, -0.15) is 0 Å². The van der Waals surface area contributed by atoms with E-state index in [1.54, 1.807) is 0 Å². The van der Waals surface area contributed by atoms with Crippen LogP contribution in [0.25, 0.3) is 0 Å². The van der Waals surface area contributed by atoms with E-state index in [-0.39, 0.29) is 11.3 Å². The fraction of sp³-hybridized carbons (Fsp3) is 0.611. The molecule has 3 nitrogen and oxygen atoms in total. The summed E-state index contributed by atoms with van der Waals surface area (Å²) < 4.78 is 0. The van der Waals surface area contributed by atoms with Gasteiger partial charge in [-0.1, -0.05) is 38.8 Å². The molecule has 1 fully saturated rings. The maximum Gasteiger partial charge on any atom is 0.230 e. The summed E-state index contributed by atoms with van der Waals surface area (Å²) in [5.74, 6) is 0.778. The maximum atomic E-state index is 12.8. The fourth-order valence-electron chi connectivity index (χ4n) is 3.58. The molecule has 0 heterocycles.